The molecule has 9 nitrogen and oxygen atoms in total. The SMILES string of the molecule is COc1cc(NC(=O)c2ccnc(NCc3ccco3)n2)cc(OC)c1OC. The lowest BCUT2D eigenvalue weighted by molar-refractivity contribution is 0.102. The predicted molar refractivity (Wildman–Crippen MR) is 102 cm³/mol. The number of benzene rings is 1. The molecule has 9 heteroatoms. The summed E-state index contributed by atoms with van der Waals surface area (Å²) in [5.41, 5.74) is 0.675. The van der Waals surface area contributed by atoms with Crippen molar-refractivity contribution in [1.82, 2.24) is 9.97 Å². The maximum Gasteiger partial charge on any atom is 0.274 e. The quantitative estimate of drug-likeness (QED) is 0.610. The Morgan fingerprint density at radius 2 is 1.86 bits per heavy atom. The van der Waals surface area contributed by atoms with Crippen LogP contribution in [0.25, 0.3) is 0 Å². The Morgan fingerprint density at radius 3 is 2.46 bits per heavy atom. The molecule has 2 aromatic heterocycles. The van der Waals surface area contributed by atoms with Gasteiger partial charge in [-0.1, -0.05) is 0 Å². The van der Waals surface area contributed by atoms with Crippen LogP contribution in [0.1, 0.15) is 16.2 Å². The highest BCUT2D eigenvalue weighted by molar-refractivity contribution is 6.03. The molecular formula is C19H20N4O5. The zero-order valence-corrected chi connectivity index (χ0v) is 15.7. The average Bonchev–Trinajstić information content (AvgIpc) is 3.25. The van der Waals surface area contributed by atoms with E-state index in [1.54, 1.807) is 24.5 Å². The summed E-state index contributed by atoms with van der Waals surface area (Å²) in [4.78, 5) is 20.9. The van der Waals surface area contributed by atoms with Gasteiger partial charge in [-0.2, -0.15) is 0 Å². The third-order valence-corrected chi connectivity index (χ3v) is 3.81. The number of ether oxygens (including phenoxy) is 3. The average molecular weight is 384 g/mol. The van der Waals surface area contributed by atoms with Gasteiger partial charge in [0.15, 0.2) is 11.5 Å². The lowest BCUT2D eigenvalue weighted by Crippen LogP contribution is -2.15. The van der Waals surface area contributed by atoms with Crippen LogP contribution in [0.4, 0.5) is 11.6 Å². The standard InChI is InChI=1S/C19H20N4O5/c1-25-15-9-12(10-16(26-2)17(15)27-3)22-18(24)14-6-7-20-19(23-14)21-11-13-5-4-8-28-13/h4-10H,11H2,1-3H3,(H,22,24)(H,20,21,23). The molecule has 0 unspecified atom stereocenters. The van der Waals surface area contributed by atoms with Crippen LogP contribution < -0.4 is 24.8 Å². The van der Waals surface area contributed by atoms with Gasteiger partial charge in [0.2, 0.25) is 11.7 Å². The second-order valence-electron chi connectivity index (χ2n) is 5.57. The molecular weight excluding hydrogens is 364 g/mol. The number of methoxy groups -OCH3 is 3. The van der Waals surface area contributed by atoms with E-state index in [-0.39, 0.29) is 5.69 Å². The lowest BCUT2D eigenvalue weighted by atomic mass is 10.2. The monoisotopic (exact) mass is 384 g/mol. The highest BCUT2D eigenvalue weighted by Gasteiger charge is 2.16. The number of furan rings is 1. The summed E-state index contributed by atoms with van der Waals surface area (Å²) in [6.07, 6.45) is 3.08. The molecule has 0 saturated carbocycles. The van der Waals surface area contributed by atoms with Crippen LogP contribution in [0.15, 0.2) is 47.2 Å². The molecule has 0 aliphatic heterocycles. The molecule has 0 aliphatic carbocycles. The first-order valence-electron chi connectivity index (χ1n) is 8.35. The molecule has 2 heterocycles. The van der Waals surface area contributed by atoms with Crippen molar-refractivity contribution in [2.75, 3.05) is 32.0 Å². The minimum atomic E-state index is -0.405. The van der Waals surface area contributed by atoms with Crippen LogP contribution in [-0.2, 0) is 6.54 Å². The molecule has 0 bridgehead atoms. The van der Waals surface area contributed by atoms with Crippen molar-refractivity contribution in [2.24, 2.45) is 0 Å². The maximum atomic E-state index is 12.6. The second kappa shape index (κ2) is 8.76. The van der Waals surface area contributed by atoms with Crippen molar-refractivity contribution in [1.29, 1.82) is 0 Å². The fourth-order valence-corrected chi connectivity index (χ4v) is 2.50. The zero-order valence-electron chi connectivity index (χ0n) is 15.7. The normalized spacial score (nSPS) is 10.2. The summed E-state index contributed by atoms with van der Waals surface area (Å²) in [5.74, 6) is 1.94. The fourth-order valence-electron chi connectivity index (χ4n) is 2.50. The lowest BCUT2D eigenvalue weighted by Gasteiger charge is -2.14. The van der Waals surface area contributed by atoms with Crippen LogP contribution in [0.3, 0.4) is 0 Å². The van der Waals surface area contributed by atoms with Gasteiger partial charge in [-0.05, 0) is 18.2 Å². The van der Waals surface area contributed by atoms with Gasteiger partial charge in [-0.15, -0.1) is 0 Å². The summed E-state index contributed by atoms with van der Waals surface area (Å²) in [6, 6.07) is 8.41. The molecule has 3 aromatic rings. The Balaban J connectivity index is 1.75. The molecule has 0 spiro atoms. The molecule has 0 saturated heterocycles. The largest absolute Gasteiger partial charge is 0.493 e. The first-order valence-corrected chi connectivity index (χ1v) is 8.35. The Morgan fingerprint density at radius 1 is 1.11 bits per heavy atom. The van der Waals surface area contributed by atoms with E-state index in [4.69, 9.17) is 18.6 Å². The van der Waals surface area contributed by atoms with Gasteiger partial charge in [-0.3, -0.25) is 4.79 Å². The minimum Gasteiger partial charge on any atom is -0.493 e. The van der Waals surface area contributed by atoms with Crippen molar-refractivity contribution in [3.05, 3.63) is 54.2 Å². The molecule has 0 atom stereocenters. The van der Waals surface area contributed by atoms with Crippen molar-refractivity contribution in [3.63, 3.8) is 0 Å². The van der Waals surface area contributed by atoms with Gasteiger partial charge < -0.3 is 29.3 Å². The number of hydrogen-bond acceptors (Lipinski definition) is 8. The summed E-state index contributed by atoms with van der Waals surface area (Å²) in [5, 5.41) is 5.77. The minimum absolute atomic E-state index is 0.200. The molecule has 0 aliphatic rings. The third kappa shape index (κ3) is 4.32. The number of nitrogens with one attached hydrogen (secondary N) is 2. The number of rotatable bonds is 8. The number of anilines is 2. The Bertz CT molecular complexity index is 918. The molecule has 3 rings (SSSR count). The first kappa shape index (κ1) is 19.0. The van der Waals surface area contributed by atoms with E-state index >= 15 is 0 Å². The number of amides is 1. The summed E-state index contributed by atoms with van der Waals surface area (Å²) in [7, 11) is 4.52. The van der Waals surface area contributed by atoms with Gasteiger partial charge in [0.1, 0.15) is 11.5 Å². The van der Waals surface area contributed by atoms with Crippen molar-refractivity contribution >= 4 is 17.5 Å². The van der Waals surface area contributed by atoms with Crippen molar-refractivity contribution in [2.45, 2.75) is 6.54 Å². The molecule has 0 fully saturated rings. The van der Waals surface area contributed by atoms with Gasteiger partial charge in [0.25, 0.3) is 5.91 Å². The van der Waals surface area contributed by atoms with Gasteiger partial charge in [0.05, 0.1) is 34.1 Å². The molecule has 1 amide bonds. The first-order chi connectivity index (χ1) is 13.6. The van der Waals surface area contributed by atoms with Crippen LogP contribution in [-0.4, -0.2) is 37.2 Å². The smallest absolute Gasteiger partial charge is 0.274 e. The van der Waals surface area contributed by atoms with E-state index in [2.05, 4.69) is 20.6 Å². The van der Waals surface area contributed by atoms with Crippen LogP contribution >= 0.6 is 0 Å². The highest BCUT2D eigenvalue weighted by atomic mass is 16.5. The molecule has 0 radical (unpaired) electrons. The summed E-state index contributed by atoms with van der Waals surface area (Å²) in [6.45, 7) is 0.408. The Kier molecular flexibility index (Phi) is 5.95. The number of nitrogens with zero attached hydrogens (tertiary/aromatic N) is 2. The molecule has 2 N–H and O–H groups in total. The molecule has 146 valence electrons. The van der Waals surface area contributed by atoms with E-state index in [0.29, 0.717) is 35.4 Å². The highest BCUT2D eigenvalue weighted by Crippen LogP contribution is 2.39. The molecule has 1 aromatic carbocycles. The number of hydrogen-bond donors (Lipinski definition) is 2. The maximum absolute atomic E-state index is 12.6. The Hall–Kier alpha value is -3.75. The number of aromatic nitrogens is 2. The van der Waals surface area contributed by atoms with E-state index in [1.807, 2.05) is 6.07 Å². The van der Waals surface area contributed by atoms with Crippen LogP contribution in [0.2, 0.25) is 0 Å². The van der Waals surface area contributed by atoms with Gasteiger partial charge >= 0.3 is 0 Å². The third-order valence-electron chi connectivity index (χ3n) is 3.81. The summed E-state index contributed by atoms with van der Waals surface area (Å²) < 4.78 is 21.1. The summed E-state index contributed by atoms with van der Waals surface area (Å²) >= 11 is 0. The number of carbonyl (C=O) groups is 1. The van der Waals surface area contributed by atoms with Crippen LogP contribution in [0, 0.1) is 0 Å². The number of carbonyl (C=O) groups excluding carboxylic acids is 1. The van der Waals surface area contributed by atoms with Gasteiger partial charge in [0, 0.05) is 24.0 Å². The van der Waals surface area contributed by atoms with Crippen LogP contribution in [0.5, 0.6) is 17.2 Å². The van der Waals surface area contributed by atoms with Gasteiger partial charge in [-0.25, -0.2) is 9.97 Å². The van der Waals surface area contributed by atoms with E-state index in [0.717, 1.165) is 5.76 Å². The second-order valence-corrected chi connectivity index (χ2v) is 5.57. The predicted octanol–water partition coefficient (Wildman–Crippen LogP) is 2.96. The van der Waals surface area contributed by atoms with E-state index in [9.17, 15) is 4.79 Å². The van der Waals surface area contributed by atoms with Crippen molar-refractivity contribution < 1.29 is 23.4 Å². The van der Waals surface area contributed by atoms with E-state index in [1.165, 1.54) is 33.6 Å². The zero-order chi connectivity index (χ0) is 19.9. The van der Waals surface area contributed by atoms with E-state index < -0.39 is 5.91 Å². The Labute approximate surface area is 161 Å². The molecule has 28 heavy (non-hydrogen) atoms. The van der Waals surface area contributed by atoms with Crippen molar-refractivity contribution in [3.8, 4) is 17.2 Å². The fraction of sp³-hybridized carbons (Fsp3) is 0.211. The topological polar surface area (TPSA) is 108 Å².